The Kier molecular flexibility index (Phi) is 11.3. The Morgan fingerprint density at radius 3 is 2.31 bits per heavy atom. The molecule has 2 aromatic carbocycles. The van der Waals surface area contributed by atoms with Crippen LogP contribution < -0.4 is 15.4 Å². The fourth-order valence-electron chi connectivity index (χ4n) is 2.65. The molecular formula is C22H28F3IN4O2. The second kappa shape index (κ2) is 13.1. The average molecular weight is 564 g/mol. The second-order valence-corrected chi connectivity index (χ2v) is 6.96. The topological polar surface area (TPSA) is 66.0 Å². The summed E-state index contributed by atoms with van der Waals surface area (Å²) >= 11 is 0. The van der Waals surface area contributed by atoms with E-state index in [1.54, 1.807) is 44.4 Å². The van der Waals surface area contributed by atoms with E-state index in [1.807, 2.05) is 19.1 Å². The smallest absolute Gasteiger partial charge is 0.422 e. The van der Waals surface area contributed by atoms with E-state index >= 15 is 0 Å². The summed E-state index contributed by atoms with van der Waals surface area (Å²) < 4.78 is 42.3. The first kappa shape index (κ1) is 27.5. The number of rotatable bonds is 8. The van der Waals surface area contributed by atoms with Gasteiger partial charge in [-0.3, -0.25) is 4.79 Å². The molecule has 32 heavy (non-hydrogen) atoms. The van der Waals surface area contributed by atoms with Crippen molar-refractivity contribution in [1.82, 2.24) is 15.5 Å². The number of hydrogen-bond donors (Lipinski definition) is 2. The van der Waals surface area contributed by atoms with Crippen molar-refractivity contribution in [2.75, 3.05) is 27.2 Å². The van der Waals surface area contributed by atoms with Gasteiger partial charge in [-0.25, -0.2) is 4.99 Å². The van der Waals surface area contributed by atoms with Gasteiger partial charge in [-0.1, -0.05) is 30.3 Å². The van der Waals surface area contributed by atoms with Gasteiger partial charge in [-0.15, -0.1) is 24.0 Å². The van der Waals surface area contributed by atoms with Crippen molar-refractivity contribution >= 4 is 35.8 Å². The van der Waals surface area contributed by atoms with Crippen molar-refractivity contribution in [3.8, 4) is 5.75 Å². The van der Waals surface area contributed by atoms with Gasteiger partial charge in [-0.2, -0.15) is 13.2 Å². The highest BCUT2D eigenvalue weighted by atomic mass is 127. The van der Waals surface area contributed by atoms with E-state index in [9.17, 15) is 18.0 Å². The second-order valence-electron chi connectivity index (χ2n) is 6.96. The van der Waals surface area contributed by atoms with Gasteiger partial charge in [0.25, 0.3) is 5.91 Å². The summed E-state index contributed by atoms with van der Waals surface area (Å²) in [6, 6.07) is 13.7. The number of nitrogens with one attached hydrogen (secondary N) is 2. The zero-order valence-corrected chi connectivity index (χ0v) is 20.5. The number of ether oxygens (including phenoxy) is 1. The van der Waals surface area contributed by atoms with E-state index < -0.39 is 12.8 Å². The number of carbonyl (C=O) groups is 1. The third-order valence-electron chi connectivity index (χ3n) is 4.18. The number of guanidine groups is 1. The van der Waals surface area contributed by atoms with E-state index in [0.717, 1.165) is 5.56 Å². The van der Waals surface area contributed by atoms with Crippen LogP contribution in [-0.2, 0) is 13.1 Å². The van der Waals surface area contributed by atoms with Crippen LogP contribution in [0, 0.1) is 0 Å². The number of aliphatic imine (C=N–C) groups is 1. The number of halogens is 4. The highest BCUT2D eigenvalue weighted by molar-refractivity contribution is 14.0. The molecule has 0 atom stereocenters. The summed E-state index contributed by atoms with van der Waals surface area (Å²) in [6.07, 6.45) is -4.40. The van der Waals surface area contributed by atoms with Gasteiger partial charge in [0.2, 0.25) is 0 Å². The van der Waals surface area contributed by atoms with E-state index in [4.69, 9.17) is 4.74 Å². The highest BCUT2D eigenvalue weighted by Crippen LogP contribution is 2.22. The van der Waals surface area contributed by atoms with Crippen LogP contribution in [0.25, 0.3) is 0 Å². The molecular weight excluding hydrogens is 536 g/mol. The van der Waals surface area contributed by atoms with Crippen molar-refractivity contribution in [3.05, 3.63) is 65.2 Å². The lowest BCUT2D eigenvalue weighted by Crippen LogP contribution is -2.37. The predicted molar refractivity (Wildman–Crippen MR) is 130 cm³/mol. The molecule has 0 aromatic heterocycles. The molecule has 176 valence electrons. The zero-order valence-electron chi connectivity index (χ0n) is 18.2. The number of carbonyl (C=O) groups excluding carboxylic acids is 1. The molecule has 0 aliphatic carbocycles. The summed E-state index contributed by atoms with van der Waals surface area (Å²) in [7, 11) is 3.39. The first-order valence-electron chi connectivity index (χ1n) is 9.80. The van der Waals surface area contributed by atoms with E-state index in [2.05, 4.69) is 15.6 Å². The molecule has 0 bridgehead atoms. The molecule has 0 unspecified atom stereocenters. The van der Waals surface area contributed by atoms with Crippen LogP contribution in [0.3, 0.4) is 0 Å². The van der Waals surface area contributed by atoms with Crippen molar-refractivity contribution < 1.29 is 22.7 Å². The minimum absolute atomic E-state index is 0. The van der Waals surface area contributed by atoms with Gasteiger partial charge in [-0.05, 0) is 30.7 Å². The first-order valence-corrected chi connectivity index (χ1v) is 9.80. The average Bonchev–Trinajstić information content (AvgIpc) is 2.74. The van der Waals surface area contributed by atoms with Crippen LogP contribution in [0.15, 0.2) is 53.5 Å². The molecule has 0 saturated heterocycles. The van der Waals surface area contributed by atoms with E-state index in [0.29, 0.717) is 30.2 Å². The molecule has 10 heteroatoms. The molecule has 0 saturated carbocycles. The standard InChI is InChI=1S/C22H27F3N4O2.HI/c1-4-26-21(27-13-16-9-11-17(12-10-16)20(30)29(2)3)28-14-18-7-5-6-8-19(18)31-15-22(23,24)25;/h5-12H,4,13-15H2,1-3H3,(H2,26,27,28);1H. The maximum Gasteiger partial charge on any atom is 0.422 e. The summed E-state index contributed by atoms with van der Waals surface area (Å²) in [6.45, 7) is 1.81. The zero-order chi connectivity index (χ0) is 22.9. The lowest BCUT2D eigenvalue weighted by molar-refractivity contribution is -0.153. The Morgan fingerprint density at radius 1 is 1.06 bits per heavy atom. The number of benzene rings is 2. The molecule has 0 heterocycles. The van der Waals surface area contributed by atoms with Crippen molar-refractivity contribution in [2.45, 2.75) is 26.2 Å². The molecule has 2 aromatic rings. The van der Waals surface area contributed by atoms with Gasteiger partial charge in [0, 0.05) is 38.3 Å². The fraction of sp³-hybridized carbons (Fsp3) is 0.364. The summed E-state index contributed by atoms with van der Waals surface area (Å²) in [5, 5.41) is 6.21. The SMILES string of the molecule is CCNC(=NCc1ccc(C(=O)N(C)C)cc1)NCc1ccccc1OCC(F)(F)F.I. The number of hydrogen-bond acceptors (Lipinski definition) is 3. The number of amides is 1. The van der Waals surface area contributed by atoms with E-state index in [-0.39, 0.29) is 42.2 Å². The normalized spacial score (nSPS) is 11.4. The molecule has 0 fully saturated rings. The lowest BCUT2D eigenvalue weighted by atomic mass is 10.1. The van der Waals surface area contributed by atoms with Crippen molar-refractivity contribution in [3.63, 3.8) is 0 Å². The van der Waals surface area contributed by atoms with Gasteiger partial charge >= 0.3 is 6.18 Å². The molecule has 0 radical (unpaired) electrons. The molecule has 1 amide bonds. The van der Waals surface area contributed by atoms with Crippen LogP contribution in [0.4, 0.5) is 13.2 Å². The molecule has 0 spiro atoms. The minimum atomic E-state index is -4.40. The summed E-state index contributed by atoms with van der Waals surface area (Å²) in [5.41, 5.74) is 2.10. The molecule has 0 aliphatic rings. The predicted octanol–water partition coefficient (Wildman–Crippen LogP) is 4.20. The van der Waals surface area contributed by atoms with Crippen molar-refractivity contribution in [1.29, 1.82) is 0 Å². The van der Waals surface area contributed by atoms with Gasteiger partial charge in [0.15, 0.2) is 12.6 Å². The maximum atomic E-state index is 12.5. The lowest BCUT2D eigenvalue weighted by Gasteiger charge is -2.15. The van der Waals surface area contributed by atoms with Gasteiger partial charge in [0.05, 0.1) is 6.54 Å². The van der Waals surface area contributed by atoms with Crippen molar-refractivity contribution in [2.24, 2.45) is 4.99 Å². The molecule has 2 rings (SSSR count). The van der Waals surface area contributed by atoms with E-state index in [1.165, 1.54) is 11.0 Å². The van der Waals surface area contributed by atoms with Gasteiger partial charge < -0.3 is 20.3 Å². The van der Waals surface area contributed by atoms with Crippen LogP contribution in [0.2, 0.25) is 0 Å². The third kappa shape index (κ3) is 9.33. The molecule has 6 nitrogen and oxygen atoms in total. The Labute approximate surface area is 203 Å². The Morgan fingerprint density at radius 2 is 1.72 bits per heavy atom. The van der Waals surface area contributed by atoms with Gasteiger partial charge in [0.1, 0.15) is 5.75 Å². The maximum absolute atomic E-state index is 12.5. The number of alkyl halides is 3. The Bertz CT molecular complexity index is 887. The Balaban J connectivity index is 0.00000512. The summed E-state index contributed by atoms with van der Waals surface area (Å²) in [5.74, 6) is 0.613. The third-order valence-corrected chi connectivity index (χ3v) is 4.18. The highest BCUT2D eigenvalue weighted by Gasteiger charge is 2.28. The minimum Gasteiger partial charge on any atom is -0.484 e. The van der Waals surface area contributed by atoms with Crippen LogP contribution in [0.5, 0.6) is 5.75 Å². The first-order chi connectivity index (χ1) is 14.7. The quantitative estimate of drug-likeness (QED) is 0.287. The molecule has 0 aliphatic heterocycles. The molecule has 2 N–H and O–H groups in total. The van der Waals surface area contributed by atoms with Crippen LogP contribution in [0.1, 0.15) is 28.4 Å². The monoisotopic (exact) mass is 564 g/mol. The fourth-order valence-corrected chi connectivity index (χ4v) is 2.65. The number of para-hydroxylation sites is 1. The van der Waals surface area contributed by atoms with Crippen LogP contribution in [-0.4, -0.2) is 50.2 Å². The Hall–Kier alpha value is -2.50. The largest absolute Gasteiger partial charge is 0.484 e. The van der Waals surface area contributed by atoms with Crippen LogP contribution >= 0.6 is 24.0 Å². The number of nitrogens with zero attached hydrogens (tertiary/aromatic N) is 2. The summed E-state index contributed by atoms with van der Waals surface area (Å²) in [4.78, 5) is 18.0.